The Hall–Kier alpha value is -2.82. The molecule has 8 heteroatoms. The first-order chi connectivity index (χ1) is 8.70. The molecule has 0 atom stereocenters. The summed E-state index contributed by atoms with van der Waals surface area (Å²) in [6, 6.07) is 5.05. The average molecular weight is 243 g/mol. The number of aryl methyl sites for hydroxylation is 1. The van der Waals surface area contributed by atoms with Gasteiger partial charge in [-0.1, -0.05) is 5.21 Å². The lowest BCUT2D eigenvalue weighted by Crippen LogP contribution is -2.24. The molecule has 2 aromatic heterocycles. The summed E-state index contributed by atoms with van der Waals surface area (Å²) in [5.74, 6) is 0.0288. The van der Waals surface area contributed by atoms with Crippen LogP contribution in [0.15, 0.2) is 12.1 Å². The number of amides is 1. The lowest BCUT2D eigenvalue weighted by molar-refractivity contribution is 0.0944. The number of carbonyl (C=O) groups excluding carboxylic acids is 1. The Balaban J connectivity index is 2.05. The van der Waals surface area contributed by atoms with Crippen LogP contribution in [0.4, 0.5) is 0 Å². The molecule has 90 valence electrons. The third-order valence-corrected chi connectivity index (χ3v) is 2.24. The normalized spacial score (nSPS) is 9.78. The number of nitrogens with one attached hydrogen (secondary N) is 2. The topological polar surface area (TPSA) is 120 Å². The molecule has 1 amide bonds. The molecule has 2 N–H and O–H groups in total. The van der Waals surface area contributed by atoms with Gasteiger partial charge in [0.25, 0.3) is 5.91 Å². The molecule has 0 aliphatic heterocycles. The highest BCUT2D eigenvalue weighted by molar-refractivity contribution is 5.92. The van der Waals surface area contributed by atoms with Gasteiger partial charge in [-0.15, -0.1) is 10.2 Å². The van der Waals surface area contributed by atoms with Crippen molar-refractivity contribution in [3.63, 3.8) is 0 Å². The Morgan fingerprint density at radius 1 is 1.56 bits per heavy atom. The van der Waals surface area contributed by atoms with Gasteiger partial charge in [0.1, 0.15) is 11.8 Å². The lowest BCUT2D eigenvalue weighted by Gasteiger charge is -2.03. The van der Waals surface area contributed by atoms with Crippen LogP contribution in [0.3, 0.4) is 0 Å². The summed E-state index contributed by atoms with van der Waals surface area (Å²) in [6.07, 6.45) is 0. The molecule has 0 bridgehead atoms. The minimum atomic E-state index is -0.354. The number of tetrazole rings is 1. The highest BCUT2D eigenvalue weighted by Crippen LogP contribution is 2.05. The van der Waals surface area contributed by atoms with Crippen molar-refractivity contribution >= 4 is 5.91 Å². The maximum absolute atomic E-state index is 11.7. The van der Waals surface area contributed by atoms with Gasteiger partial charge in [-0.25, -0.2) is 4.98 Å². The lowest BCUT2D eigenvalue weighted by atomic mass is 10.2. The zero-order valence-electron chi connectivity index (χ0n) is 9.51. The Labute approximate surface area is 102 Å². The van der Waals surface area contributed by atoms with E-state index < -0.39 is 0 Å². The highest BCUT2D eigenvalue weighted by atomic mass is 16.1. The first kappa shape index (κ1) is 11.7. The minimum absolute atomic E-state index is 0.163. The van der Waals surface area contributed by atoms with Gasteiger partial charge in [-0.3, -0.25) is 4.79 Å². The van der Waals surface area contributed by atoms with E-state index in [9.17, 15) is 4.79 Å². The predicted octanol–water partition coefficient (Wildman–Crippen LogP) is -0.295. The van der Waals surface area contributed by atoms with Crippen molar-refractivity contribution in [3.05, 3.63) is 34.9 Å². The number of carbonyl (C=O) groups is 1. The fourth-order valence-electron chi connectivity index (χ4n) is 1.31. The van der Waals surface area contributed by atoms with E-state index in [1.54, 1.807) is 13.0 Å². The summed E-state index contributed by atoms with van der Waals surface area (Å²) in [6.45, 7) is 1.84. The number of aromatic nitrogens is 5. The molecule has 0 unspecified atom stereocenters. The van der Waals surface area contributed by atoms with Crippen molar-refractivity contribution in [2.24, 2.45) is 0 Å². The van der Waals surface area contributed by atoms with Crippen LogP contribution >= 0.6 is 0 Å². The van der Waals surface area contributed by atoms with E-state index in [-0.39, 0.29) is 18.1 Å². The number of hydrogen-bond acceptors (Lipinski definition) is 6. The van der Waals surface area contributed by atoms with Gasteiger partial charge < -0.3 is 5.32 Å². The van der Waals surface area contributed by atoms with Gasteiger partial charge in [0.2, 0.25) is 0 Å². The SMILES string of the molecule is Cc1nc(C(=O)NCc2nn[nH]n2)ccc1C#N. The summed E-state index contributed by atoms with van der Waals surface area (Å²) < 4.78 is 0. The van der Waals surface area contributed by atoms with Gasteiger partial charge in [-0.05, 0) is 19.1 Å². The molecule has 18 heavy (non-hydrogen) atoms. The Morgan fingerprint density at radius 3 is 3.00 bits per heavy atom. The van der Waals surface area contributed by atoms with E-state index in [1.165, 1.54) is 6.07 Å². The maximum Gasteiger partial charge on any atom is 0.270 e. The summed E-state index contributed by atoms with van der Waals surface area (Å²) in [4.78, 5) is 15.8. The van der Waals surface area contributed by atoms with E-state index in [0.717, 1.165) is 0 Å². The second kappa shape index (κ2) is 5.01. The summed E-state index contributed by atoms with van der Waals surface area (Å²) in [5, 5.41) is 24.4. The van der Waals surface area contributed by atoms with Gasteiger partial charge in [0.15, 0.2) is 5.82 Å². The van der Waals surface area contributed by atoms with Gasteiger partial charge in [-0.2, -0.15) is 10.5 Å². The van der Waals surface area contributed by atoms with Gasteiger partial charge in [0, 0.05) is 0 Å². The molecule has 0 saturated carbocycles. The van der Waals surface area contributed by atoms with Crippen molar-refractivity contribution in [3.8, 4) is 6.07 Å². The van der Waals surface area contributed by atoms with Crippen molar-refractivity contribution in [2.45, 2.75) is 13.5 Å². The van der Waals surface area contributed by atoms with Gasteiger partial charge in [0.05, 0.1) is 17.8 Å². The molecule has 0 aromatic carbocycles. The quantitative estimate of drug-likeness (QED) is 0.763. The number of nitrogens with zero attached hydrogens (tertiary/aromatic N) is 5. The van der Waals surface area contributed by atoms with Crippen molar-refractivity contribution in [2.75, 3.05) is 0 Å². The largest absolute Gasteiger partial charge is 0.343 e. The Bertz CT molecular complexity index is 599. The zero-order valence-corrected chi connectivity index (χ0v) is 9.51. The summed E-state index contributed by atoms with van der Waals surface area (Å²) in [7, 11) is 0. The number of aromatic amines is 1. The highest BCUT2D eigenvalue weighted by Gasteiger charge is 2.10. The van der Waals surface area contributed by atoms with Crippen molar-refractivity contribution in [1.82, 2.24) is 30.9 Å². The van der Waals surface area contributed by atoms with E-state index in [4.69, 9.17) is 5.26 Å². The number of hydrogen-bond donors (Lipinski definition) is 2. The van der Waals surface area contributed by atoms with Crippen LogP contribution in [-0.4, -0.2) is 31.5 Å². The maximum atomic E-state index is 11.7. The minimum Gasteiger partial charge on any atom is -0.343 e. The third-order valence-electron chi connectivity index (χ3n) is 2.24. The van der Waals surface area contributed by atoms with Gasteiger partial charge >= 0.3 is 0 Å². The summed E-state index contributed by atoms with van der Waals surface area (Å²) in [5.41, 5.74) is 1.21. The second-order valence-electron chi connectivity index (χ2n) is 3.45. The molecule has 0 spiro atoms. The van der Waals surface area contributed by atoms with Crippen molar-refractivity contribution in [1.29, 1.82) is 5.26 Å². The molecule has 0 saturated heterocycles. The second-order valence-corrected chi connectivity index (χ2v) is 3.45. The van der Waals surface area contributed by atoms with Crippen LogP contribution in [0.5, 0.6) is 0 Å². The smallest absolute Gasteiger partial charge is 0.270 e. The van der Waals surface area contributed by atoms with Crippen LogP contribution in [0, 0.1) is 18.3 Å². The molecule has 2 heterocycles. The van der Waals surface area contributed by atoms with Crippen LogP contribution < -0.4 is 5.32 Å². The molecule has 0 fully saturated rings. The molecular formula is C10H9N7O. The average Bonchev–Trinajstić information content (AvgIpc) is 2.89. The first-order valence-corrected chi connectivity index (χ1v) is 5.09. The van der Waals surface area contributed by atoms with Crippen molar-refractivity contribution < 1.29 is 4.79 Å². The molecule has 0 radical (unpaired) electrons. The fraction of sp³-hybridized carbons (Fsp3) is 0.200. The number of H-pyrrole nitrogens is 1. The number of rotatable bonds is 3. The van der Waals surface area contributed by atoms with Crippen LogP contribution in [0.2, 0.25) is 0 Å². The molecule has 2 rings (SSSR count). The van der Waals surface area contributed by atoms with E-state index >= 15 is 0 Å². The molecule has 2 aromatic rings. The van der Waals surface area contributed by atoms with E-state index in [1.807, 2.05) is 6.07 Å². The third kappa shape index (κ3) is 2.46. The molecule has 8 nitrogen and oxygen atoms in total. The van der Waals surface area contributed by atoms with E-state index in [0.29, 0.717) is 17.1 Å². The molecule has 0 aliphatic rings. The van der Waals surface area contributed by atoms with Crippen LogP contribution in [0.25, 0.3) is 0 Å². The van der Waals surface area contributed by atoms with Crippen LogP contribution in [-0.2, 0) is 6.54 Å². The Kier molecular flexibility index (Phi) is 3.24. The van der Waals surface area contributed by atoms with Crippen LogP contribution in [0.1, 0.15) is 27.6 Å². The number of pyridine rings is 1. The first-order valence-electron chi connectivity index (χ1n) is 5.09. The fourth-order valence-corrected chi connectivity index (χ4v) is 1.31. The summed E-state index contributed by atoms with van der Waals surface area (Å²) >= 11 is 0. The number of nitriles is 1. The monoisotopic (exact) mass is 243 g/mol. The predicted molar refractivity (Wildman–Crippen MR) is 59.0 cm³/mol. The Morgan fingerprint density at radius 2 is 2.39 bits per heavy atom. The molecular weight excluding hydrogens is 234 g/mol. The standard InChI is InChI=1S/C10H9N7O/c1-6-7(4-11)2-3-8(13-6)10(18)12-5-9-14-16-17-15-9/h2-3H,5H2,1H3,(H,12,18)(H,14,15,16,17). The zero-order chi connectivity index (χ0) is 13.0. The molecule has 0 aliphatic carbocycles. The van der Waals surface area contributed by atoms with E-state index in [2.05, 4.69) is 30.9 Å².